The first-order chi connectivity index (χ1) is 16.0. The van der Waals surface area contributed by atoms with Crippen LogP contribution in [0, 0.1) is 29.9 Å². The van der Waals surface area contributed by atoms with Gasteiger partial charge in [-0.25, -0.2) is 8.42 Å². The monoisotopic (exact) mass is 489 g/mol. The quantitative estimate of drug-likeness (QED) is 0.358. The Kier molecular flexibility index (Phi) is 7.68. The first kappa shape index (κ1) is 25.3. The minimum atomic E-state index is -3.96. The molecule has 0 unspecified atom stereocenters. The number of carbonyl (C=O) groups is 2. The molecule has 1 aliphatic heterocycles. The number of nitro benzene ring substituents is 1. The average molecular weight is 490 g/mol. The number of hydrogen-bond acceptors (Lipinski definition) is 7. The minimum absolute atomic E-state index is 0.0635. The highest BCUT2D eigenvalue weighted by Crippen LogP contribution is 2.29. The Balaban J connectivity index is 1.59. The lowest BCUT2D eigenvalue weighted by Gasteiger charge is -2.31. The Morgan fingerprint density at radius 3 is 2.38 bits per heavy atom. The number of nitrogens with zero attached hydrogens (tertiary/aromatic N) is 2. The highest BCUT2D eigenvalue weighted by atomic mass is 32.2. The molecule has 11 heteroatoms. The molecule has 1 saturated heterocycles. The summed E-state index contributed by atoms with van der Waals surface area (Å²) in [5.74, 6) is -1.56. The van der Waals surface area contributed by atoms with E-state index < -0.39 is 38.8 Å². The summed E-state index contributed by atoms with van der Waals surface area (Å²) in [4.78, 5) is 35.3. The van der Waals surface area contributed by atoms with Gasteiger partial charge >= 0.3 is 5.97 Å². The van der Waals surface area contributed by atoms with E-state index in [1.807, 2.05) is 19.1 Å². The molecule has 1 atom stereocenters. The summed E-state index contributed by atoms with van der Waals surface area (Å²) in [6, 6.07) is 11.0. The normalized spacial score (nSPS) is 16.0. The number of esters is 1. The maximum atomic E-state index is 13.1. The van der Waals surface area contributed by atoms with E-state index >= 15 is 0 Å². The van der Waals surface area contributed by atoms with E-state index in [0.29, 0.717) is 11.3 Å². The summed E-state index contributed by atoms with van der Waals surface area (Å²) < 4.78 is 32.7. The number of nitrogens with one attached hydrogen (secondary N) is 1. The summed E-state index contributed by atoms with van der Waals surface area (Å²) in [6.45, 7) is 5.03. The third kappa shape index (κ3) is 5.60. The fourth-order valence-electron chi connectivity index (χ4n) is 3.72. The van der Waals surface area contributed by atoms with Crippen LogP contribution < -0.4 is 5.32 Å². The van der Waals surface area contributed by atoms with Crippen molar-refractivity contribution >= 4 is 33.3 Å². The first-order valence-corrected chi connectivity index (χ1v) is 12.3. The molecule has 1 aliphatic rings. The molecule has 2 aromatic carbocycles. The standard InChI is InChI=1S/C23H27N3O7S/c1-15-6-4-5-7-20(15)24-22(27)17(3)33-23(28)18-10-12-25(13-11-18)34(31,32)21-14-19(26(29)30)9-8-16(21)2/h4-9,14,17-18H,10-13H2,1-3H3,(H,24,27)/t17-/m0/s1. The summed E-state index contributed by atoms with van der Waals surface area (Å²) in [5.41, 5.74) is 1.61. The molecule has 2 aromatic rings. The molecule has 1 N–H and O–H groups in total. The van der Waals surface area contributed by atoms with E-state index in [0.717, 1.165) is 11.6 Å². The van der Waals surface area contributed by atoms with E-state index in [1.54, 1.807) is 19.1 Å². The molecular formula is C23H27N3O7S. The Hall–Kier alpha value is -3.31. The highest BCUT2D eigenvalue weighted by molar-refractivity contribution is 7.89. The second-order valence-electron chi connectivity index (χ2n) is 8.27. The minimum Gasteiger partial charge on any atom is -0.452 e. The topological polar surface area (TPSA) is 136 Å². The molecular weight excluding hydrogens is 462 g/mol. The van der Waals surface area contributed by atoms with Gasteiger partial charge in [0, 0.05) is 30.9 Å². The van der Waals surface area contributed by atoms with Gasteiger partial charge in [0.25, 0.3) is 11.6 Å². The first-order valence-electron chi connectivity index (χ1n) is 10.8. The Labute approximate surface area is 198 Å². The summed E-state index contributed by atoms with van der Waals surface area (Å²) in [6.07, 6.45) is -0.572. The van der Waals surface area contributed by atoms with Crippen molar-refractivity contribution in [3.63, 3.8) is 0 Å². The number of nitro groups is 1. The number of carbonyl (C=O) groups excluding carboxylic acids is 2. The van der Waals surface area contributed by atoms with Gasteiger partial charge in [-0.05, 0) is 50.8 Å². The van der Waals surface area contributed by atoms with Crippen molar-refractivity contribution in [2.45, 2.75) is 44.6 Å². The number of piperidine rings is 1. The van der Waals surface area contributed by atoms with Gasteiger partial charge in [0.1, 0.15) is 0 Å². The van der Waals surface area contributed by atoms with Gasteiger partial charge in [-0.2, -0.15) is 4.31 Å². The smallest absolute Gasteiger partial charge is 0.309 e. The molecule has 0 radical (unpaired) electrons. The van der Waals surface area contributed by atoms with Crippen molar-refractivity contribution in [3.8, 4) is 0 Å². The Morgan fingerprint density at radius 1 is 1.12 bits per heavy atom. The van der Waals surface area contributed by atoms with Crippen LogP contribution in [0.2, 0.25) is 0 Å². The summed E-state index contributed by atoms with van der Waals surface area (Å²) in [7, 11) is -3.96. The second-order valence-corrected chi connectivity index (χ2v) is 10.2. The van der Waals surface area contributed by atoms with Gasteiger partial charge in [-0.15, -0.1) is 0 Å². The summed E-state index contributed by atoms with van der Waals surface area (Å²) >= 11 is 0. The fourth-order valence-corrected chi connectivity index (χ4v) is 5.44. The van der Waals surface area contributed by atoms with E-state index in [2.05, 4.69) is 5.32 Å². The zero-order chi connectivity index (χ0) is 25.0. The van der Waals surface area contributed by atoms with Crippen molar-refractivity contribution in [1.82, 2.24) is 4.31 Å². The highest BCUT2D eigenvalue weighted by Gasteiger charge is 2.35. The molecule has 3 rings (SSSR count). The van der Waals surface area contributed by atoms with Crippen molar-refractivity contribution in [2.75, 3.05) is 18.4 Å². The zero-order valence-corrected chi connectivity index (χ0v) is 20.0. The number of ether oxygens (including phenoxy) is 1. The number of hydrogen-bond donors (Lipinski definition) is 1. The molecule has 0 bridgehead atoms. The van der Waals surface area contributed by atoms with Crippen LogP contribution in [0.4, 0.5) is 11.4 Å². The number of amides is 1. The second kappa shape index (κ2) is 10.3. The van der Waals surface area contributed by atoms with Crippen molar-refractivity contribution in [3.05, 3.63) is 63.7 Å². The van der Waals surface area contributed by atoms with E-state index in [1.165, 1.54) is 23.4 Å². The number of anilines is 1. The molecule has 10 nitrogen and oxygen atoms in total. The number of sulfonamides is 1. The molecule has 1 fully saturated rings. The van der Waals surface area contributed by atoms with Crippen LogP contribution in [-0.4, -0.2) is 48.7 Å². The SMILES string of the molecule is Cc1ccccc1NC(=O)[C@H](C)OC(=O)C1CCN(S(=O)(=O)c2cc([N+](=O)[O-])ccc2C)CC1. The number of non-ortho nitro benzene ring substituents is 1. The van der Waals surface area contributed by atoms with Crippen LogP contribution in [0.15, 0.2) is 47.4 Å². The lowest BCUT2D eigenvalue weighted by Crippen LogP contribution is -2.42. The Bertz CT molecular complexity index is 1200. The number of aryl methyl sites for hydroxylation is 2. The van der Waals surface area contributed by atoms with Crippen molar-refractivity contribution < 1.29 is 27.7 Å². The van der Waals surface area contributed by atoms with Gasteiger partial charge in [0.05, 0.1) is 15.7 Å². The van der Waals surface area contributed by atoms with Crippen LogP contribution in [-0.2, 0) is 24.3 Å². The van der Waals surface area contributed by atoms with Crippen LogP contribution in [0.3, 0.4) is 0 Å². The molecule has 0 aromatic heterocycles. The third-order valence-corrected chi connectivity index (χ3v) is 7.89. The van der Waals surface area contributed by atoms with Gasteiger partial charge < -0.3 is 10.1 Å². The van der Waals surface area contributed by atoms with Crippen LogP contribution in [0.25, 0.3) is 0 Å². The Morgan fingerprint density at radius 2 is 1.76 bits per heavy atom. The zero-order valence-electron chi connectivity index (χ0n) is 19.2. The van der Waals surface area contributed by atoms with Crippen molar-refractivity contribution in [1.29, 1.82) is 0 Å². The largest absolute Gasteiger partial charge is 0.452 e. The van der Waals surface area contributed by atoms with Gasteiger partial charge in [0.2, 0.25) is 10.0 Å². The fraction of sp³-hybridized carbons (Fsp3) is 0.391. The summed E-state index contributed by atoms with van der Waals surface area (Å²) in [5, 5.41) is 13.8. The van der Waals surface area contributed by atoms with E-state index in [4.69, 9.17) is 4.74 Å². The molecule has 1 heterocycles. The predicted molar refractivity (Wildman–Crippen MR) is 125 cm³/mol. The van der Waals surface area contributed by atoms with Crippen molar-refractivity contribution in [2.24, 2.45) is 5.92 Å². The number of para-hydroxylation sites is 1. The predicted octanol–water partition coefficient (Wildman–Crippen LogP) is 3.18. The third-order valence-electron chi connectivity index (χ3n) is 5.85. The van der Waals surface area contributed by atoms with Gasteiger partial charge in [-0.1, -0.05) is 24.3 Å². The molecule has 182 valence electrons. The molecule has 0 spiro atoms. The molecule has 34 heavy (non-hydrogen) atoms. The number of benzene rings is 2. The van der Waals surface area contributed by atoms with Crippen LogP contribution in [0.1, 0.15) is 30.9 Å². The van der Waals surface area contributed by atoms with Gasteiger partial charge in [-0.3, -0.25) is 19.7 Å². The molecule has 0 aliphatic carbocycles. The van der Waals surface area contributed by atoms with E-state index in [-0.39, 0.29) is 36.5 Å². The van der Waals surface area contributed by atoms with Gasteiger partial charge in [0.15, 0.2) is 6.10 Å². The van der Waals surface area contributed by atoms with Crippen LogP contribution >= 0.6 is 0 Å². The molecule has 0 saturated carbocycles. The number of rotatable bonds is 7. The lowest BCUT2D eigenvalue weighted by atomic mass is 9.98. The molecule has 1 amide bonds. The maximum Gasteiger partial charge on any atom is 0.309 e. The van der Waals surface area contributed by atoms with Crippen LogP contribution in [0.5, 0.6) is 0 Å². The van der Waals surface area contributed by atoms with E-state index in [9.17, 15) is 28.1 Å². The average Bonchev–Trinajstić information content (AvgIpc) is 2.80. The maximum absolute atomic E-state index is 13.1. The lowest BCUT2D eigenvalue weighted by molar-refractivity contribution is -0.385.